The average molecular weight is 284 g/mol. The zero-order valence-electron chi connectivity index (χ0n) is 12.2. The molecule has 2 unspecified atom stereocenters. The van der Waals surface area contributed by atoms with Crippen LogP contribution >= 0.6 is 0 Å². The van der Waals surface area contributed by atoms with E-state index in [1.165, 1.54) is 0 Å². The number of carboxylic acid groups (broad SMARTS) is 1. The minimum Gasteiger partial charge on any atom is -0.481 e. The molecule has 0 bridgehead atoms. The second-order valence-electron chi connectivity index (χ2n) is 5.52. The van der Waals surface area contributed by atoms with Crippen molar-refractivity contribution in [3.8, 4) is 0 Å². The van der Waals surface area contributed by atoms with Crippen LogP contribution in [0, 0.1) is 11.8 Å². The molecule has 6 heteroatoms. The zero-order valence-corrected chi connectivity index (χ0v) is 12.2. The third-order valence-corrected chi connectivity index (χ3v) is 3.50. The van der Waals surface area contributed by atoms with E-state index in [4.69, 9.17) is 5.11 Å². The van der Waals surface area contributed by atoms with Gasteiger partial charge in [0.2, 0.25) is 11.8 Å². The molecule has 0 aromatic heterocycles. The molecule has 0 saturated carbocycles. The number of hydrogen-bond acceptors (Lipinski definition) is 3. The Morgan fingerprint density at radius 1 is 1.25 bits per heavy atom. The van der Waals surface area contributed by atoms with Crippen LogP contribution in [0.1, 0.15) is 39.5 Å². The van der Waals surface area contributed by atoms with Crippen LogP contribution in [-0.4, -0.2) is 47.4 Å². The third kappa shape index (κ3) is 5.19. The van der Waals surface area contributed by atoms with Gasteiger partial charge in [-0.15, -0.1) is 0 Å². The van der Waals surface area contributed by atoms with Gasteiger partial charge in [0.15, 0.2) is 0 Å². The maximum atomic E-state index is 12.0. The fraction of sp³-hybridized carbons (Fsp3) is 0.786. The van der Waals surface area contributed by atoms with Crippen LogP contribution in [0.3, 0.4) is 0 Å². The Kier molecular flexibility index (Phi) is 6.48. The van der Waals surface area contributed by atoms with Crippen LogP contribution in [0.5, 0.6) is 0 Å². The van der Waals surface area contributed by atoms with Crippen molar-refractivity contribution in [3.63, 3.8) is 0 Å². The number of aliphatic carboxylic acids is 1. The standard InChI is InChI=1S/C14H24N2O4/c1-3-6-15-12(17)4-5-13(18)16-8-10(2)7-11(9-16)14(19)20/h10-11H,3-9H2,1-2H3,(H,15,17)(H,19,20). The lowest BCUT2D eigenvalue weighted by molar-refractivity contribution is -0.147. The van der Waals surface area contributed by atoms with Crippen molar-refractivity contribution in [1.82, 2.24) is 10.2 Å². The first-order chi connectivity index (χ1) is 9.43. The first kappa shape index (κ1) is 16.5. The molecular weight excluding hydrogens is 260 g/mol. The van der Waals surface area contributed by atoms with Gasteiger partial charge in [-0.3, -0.25) is 14.4 Å². The second kappa shape index (κ2) is 7.87. The van der Waals surface area contributed by atoms with E-state index in [9.17, 15) is 14.4 Å². The minimum absolute atomic E-state index is 0.125. The predicted octanol–water partition coefficient (Wildman–Crippen LogP) is 0.862. The molecule has 0 radical (unpaired) electrons. The molecule has 2 amide bonds. The summed E-state index contributed by atoms with van der Waals surface area (Å²) in [7, 11) is 0. The molecule has 0 aromatic carbocycles. The van der Waals surface area contributed by atoms with Crippen molar-refractivity contribution in [1.29, 1.82) is 0 Å². The summed E-state index contributed by atoms with van der Waals surface area (Å²) < 4.78 is 0. The number of rotatable bonds is 6. The van der Waals surface area contributed by atoms with Crippen molar-refractivity contribution in [2.24, 2.45) is 11.8 Å². The zero-order chi connectivity index (χ0) is 15.1. The first-order valence-electron chi connectivity index (χ1n) is 7.21. The summed E-state index contributed by atoms with van der Waals surface area (Å²) in [5, 5.41) is 11.8. The summed E-state index contributed by atoms with van der Waals surface area (Å²) in [4.78, 5) is 36.1. The summed E-state index contributed by atoms with van der Waals surface area (Å²) in [5.41, 5.74) is 0. The van der Waals surface area contributed by atoms with Crippen LogP contribution in [0.2, 0.25) is 0 Å². The maximum absolute atomic E-state index is 12.0. The highest BCUT2D eigenvalue weighted by molar-refractivity contribution is 5.84. The van der Waals surface area contributed by atoms with Gasteiger partial charge >= 0.3 is 5.97 Å². The number of nitrogens with zero attached hydrogens (tertiary/aromatic N) is 1. The second-order valence-corrected chi connectivity index (χ2v) is 5.52. The minimum atomic E-state index is -0.852. The van der Waals surface area contributed by atoms with E-state index in [-0.39, 0.29) is 37.1 Å². The monoisotopic (exact) mass is 284 g/mol. The van der Waals surface area contributed by atoms with Gasteiger partial charge in [0.25, 0.3) is 0 Å². The highest BCUT2D eigenvalue weighted by Gasteiger charge is 2.31. The van der Waals surface area contributed by atoms with Crippen molar-refractivity contribution in [2.45, 2.75) is 39.5 Å². The van der Waals surface area contributed by atoms with Crippen LogP contribution in [-0.2, 0) is 14.4 Å². The summed E-state index contributed by atoms with van der Waals surface area (Å²) >= 11 is 0. The molecule has 2 N–H and O–H groups in total. The van der Waals surface area contributed by atoms with Crippen molar-refractivity contribution < 1.29 is 19.5 Å². The number of piperidine rings is 1. The Morgan fingerprint density at radius 3 is 2.55 bits per heavy atom. The quantitative estimate of drug-likeness (QED) is 0.757. The number of likely N-dealkylation sites (tertiary alicyclic amines) is 1. The molecule has 0 spiro atoms. The Labute approximate surface area is 119 Å². The molecule has 6 nitrogen and oxygen atoms in total. The Hall–Kier alpha value is -1.59. The highest BCUT2D eigenvalue weighted by Crippen LogP contribution is 2.22. The molecule has 0 aromatic rings. The molecule has 1 saturated heterocycles. The molecule has 20 heavy (non-hydrogen) atoms. The van der Waals surface area contributed by atoms with Gasteiger partial charge in [0.05, 0.1) is 5.92 Å². The van der Waals surface area contributed by atoms with E-state index in [1.807, 2.05) is 13.8 Å². The largest absolute Gasteiger partial charge is 0.481 e. The Balaban J connectivity index is 2.42. The normalized spacial score (nSPS) is 22.4. The summed E-state index contributed by atoms with van der Waals surface area (Å²) in [6.07, 6.45) is 1.79. The van der Waals surface area contributed by atoms with Gasteiger partial charge in [0.1, 0.15) is 0 Å². The SMILES string of the molecule is CCCNC(=O)CCC(=O)N1CC(C)CC(C(=O)O)C1. The fourth-order valence-corrected chi connectivity index (χ4v) is 2.47. The molecule has 1 rings (SSSR count). The van der Waals surface area contributed by atoms with Gasteiger partial charge in [0, 0.05) is 32.5 Å². The van der Waals surface area contributed by atoms with E-state index in [0.717, 1.165) is 6.42 Å². The van der Waals surface area contributed by atoms with Gasteiger partial charge in [-0.2, -0.15) is 0 Å². The van der Waals surface area contributed by atoms with Crippen LogP contribution < -0.4 is 5.32 Å². The fourth-order valence-electron chi connectivity index (χ4n) is 2.47. The van der Waals surface area contributed by atoms with E-state index in [2.05, 4.69) is 5.32 Å². The smallest absolute Gasteiger partial charge is 0.308 e. The molecule has 2 atom stereocenters. The van der Waals surface area contributed by atoms with Gasteiger partial charge in [-0.05, 0) is 18.8 Å². The van der Waals surface area contributed by atoms with Gasteiger partial charge < -0.3 is 15.3 Å². The molecule has 1 aliphatic rings. The van der Waals surface area contributed by atoms with Crippen molar-refractivity contribution in [2.75, 3.05) is 19.6 Å². The Morgan fingerprint density at radius 2 is 1.95 bits per heavy atom. The third-order valence-electron chi connectivity index (χ3n) is 3.50. The maximum Gasteiger partial charge on any atom is 0.308 e. The number of carbonyl (C=O) groups is 3. The highest BCUT2D eigenvalue weighted by atomic mass is 16.4. The lowest BCUT2D eigenvalue weighted by Crippen LogP contribution is -2.45. The predicted molar refractivity (Wildman–Crippen MR) is 74.0 cm³/mol. The topological polar surface area (TPSA) is 86.7 Å². The van der Waals surface area contributed by atoms with Crippen LogP contribution in [0.4, 0.5) is 0 Å². The number of hydrogen-bond donors (Lipinski definition) is 2. The number of carboxylic acids is 1. The molecule has 1 aliphatic heterocycles. The number of carbonyl (C=O) groups excluding carboxylic acids is 2. The summed E-state index contributed by atoms with van der Waals surface area (Å²) in [6, 6.07) is 0. The Bertz CT molecular complexity index is 370. The van der Waals surface area contributed by atoms with E-state index < -0.39 is 11.9 Å². The molecule has 114 valence electrons. The van der Waals surface area contributed by atoms with E-state index >= 15 is 0 Å². The van der Waals surface area contributed by atoms with Gasteiger partial charge in [-0.1, -0.05) is 13.8 Å². The first-order valence-corrected chi connectivity index (χ1v) is 7.21. The van der Waals surface area contributed by atoms with Crippen LogP contribution in [0.15, 0.2) is 0 Å². The molecular formula is C14H24N2O4. The number of amides is 2. The number of nitrogens with one attached hydrogen (secondary N) is 1. The lowest BCUT2D eigenvalue weighted by atomic mass is 9.90. The van der Waals surface area contributed by atoms with E-state index in [0.29, 0.717) is 19.5 Å². The average Bonchev–Trinajstić information content (AvgIpc) is 2.41. The van der Waals surface area contributed by atoms with Crippen LogP contribution in [0.25, 0.3) is 0 Å². The van der Waals surface area contributed by atoms with E-state index in [1.54, 1.807) is 4.90 Å². The van der Waals surface area contributed by atoms with Gasteiger partial charge in [-0.25, -0.2) is 0 Å². The molecule has 0 aliphatic carbocycles. The van der Waals surface area contributed by atoms with Crippen molar-refractivity contribution >= 4 is 17.8 Å². The summed E-state index contributed by atoms with van der Waals surface area (Å²) in [5.74, 6) is -1.41. The molecule has 1 fully saturated rings. The summed E-state index contributed by atoms with van der Waals surface area (Å²) in [6.45, 7) is 5.37. The van der Waals surface area contributed by atoms with Crippen molar-refractivity contribution in [3.05, 3.63) is 0 Å². The lowest BCUT2D eigenvalue weighted by Gasteiger charge is -2.34. The molecule has 1 heterocycles.